The van der Waals surface area contributed by atoms with Gasteiger partial charge in [0, 0.05) is 32.9 Å². The summed E-state index contributed by atoms with van der Waals surface area (Å²) in [7, 11) is 3.56. The van der Waals surface area contributed by atoms with Gasteiger partial charge in [-0.1, -0.05) is 0 Å². The zero-order valence-electron chi connectivity index (χ0n) is 9.90. The second-order valence-electron chi connectivity index (χ2n) is 3.86. The van der Waals surface area contributed by atoms with Crippen molar-refractivity contribution in [2.24, 2.45) is 7.05 Å². The summed E-state index contributed by atoms with van der Waals surface area (Å²) < 4.78 is 6.80. The van der Waals surface area contributed by atoms with Crippen molar-refractivity contribution >= 4 is 11.5 Å². The smallest absolute Gasteiger partial charge is 0.174 e. The number of aromatic nitrogens is 2. The van der Waals surface area contributed by atoms with Gasteiger partial charge in [-0.3, -0.25) is 4.68 Å². The molecule has 0 bridgehead atoms. The van der Waals surface area contributed by atoms with Gasteiger partial charge in [-0.05, 0) is 13.8 Å². The molecule has 0 saturated carbocycles. The van der Waals surface area contributed by atoms with Crippen LogP contribution >= 0.6 is 0 Å². The number of ether oxygens (including phenoxy) is 1. The van der Waals surface area contributed by atoms with Crippen LogP contribution in [0.15, 0.2) is 6.20 Å². The third kappa shape index (κ3) is 2.86. The molecule has 0 aliphatic rings. The molecule has 0 aliphatic carbocycles. The summed E-state index contributed by atoms with van der Waals surface area (Å²) in [6, 6.07) is 0.359. The quantitative estimate of drug-likeness (QED) is 0.786. The number of nitrogens with zero attached hydrogens (tertiary/aromatic N) is 3. The molecule has 0 atom stereocenters. The van der Waals surface area contributed by atoms with Crippen LogP contribution in [0.4, 0.5) is 11.5 Å². The molecule has 0 amide bonds. The molecule has 15 heavy (non-hydrogen) atoms. The second kappa shape index (κ2) is 5.02. The highest BCUT2D eigenvalue weighted by molar-refractivity contribution is 5.62. The molecule has 0 aromatic carbocycles. The van der Waals surface area contributed by atoms with Crippen LogP contribution in [-0.4, -0.2) is 36.1 Å². The van der Waals surface area contributed by atoms with Crippen molar-refractivity contribution in [3.05, 3.63) is 6.20 Å². The van der Waals surface area contributed by atoms with E-state index in [0.29, 0.717) is 18.3 Å². The molecule has 5 nitrogen and oxygen atoms in total. The molecule has 2 N–H and O–H groups in total. The van der Waals surface area contributed by atoms with Crippen LogP contribution in [0.2, 0.25) is 0 Å². The lowest BCUT2D eigenvalue weighted by Gasteiger charge is -2.26. The highest BCUT2D eigenvalue weighted by Gasteiger charge is 2.16. The molecule has 5 heteroatoms. The van der Waals surface area contributed by atoms with Gasteiger partial charge in [0.25, 0.3) is 0 Å². The average molecular weight is 212 g/mol. The first kappa shape index (κ1) is 11.8. The van der Waals surface area contributed by atoms with Crippen LogP contribution in [0.1, 0.15) is 13.8 Å². The van der Waals surface area contributed by atoms with E-state index in [0.717, 1.165) is 12.4 Å². The number of hydrogen-bond donors (Lipinski definition) is 1. The molecule has 0 saturated heterocycles. The van der Waals surface area contributed by atoms with Crippen LogP contribution in [-0.2, 0) is 11.8 Å². The molecule has 0 radical (unpaired) electrons. The Morgan fingerprint density at radius 1 is 1.60 bits per heavy atom. The lowest BCUT2D eigenvalue weighted by molar-refractivity contribution is 0.203. The van der Waals surface area contributed by atoms with E-state index in [-0.39, 0.29) is 0 Å². The van der Waals surface area contributed by atoms with E-state index in [1.54, 1.807) is 11.8 Å². The average Bonchev–Trinajstić information content (AvgIpc) is 2.46. The predicted molar refractivity (Wildman–Crippen MR) is 62.0 cm³/mol. The standard InChI is InChI=1S/C10H20N4O/c1-8(2)14(5-6-15-4)10-9(11)7-13(3)12-10/h7-8H,5-6,11H2,1-4H3. The summed E-state index contributed by atoms with van der Waals surface area (Å²) >= 11 is 0. The topological polar surface area (TPSA) is 56.3 Å². The van der Waals surface area contributed by atoms with E-state index in [4.69, 9.17) is 10.5 Å². The Kier molecular flexibility index (Phi) is 3.96. The molecule has 1 aromatic heterocycles. The Hall–Kier alpha value is -1.23. The Morgan fingerprint density at radius 2 is 2.27 bits per heavy atom. The van der Waals surface area contributed by atoms with E-state index in [2.05, 4.69) is 23.8 Å². The Morgan fingerprint density at radius 3 is 2.67 bits per heavy atom. The molecule has 86 valence electrons. The minimum absolute atomic E-state index is 0.359. The molecule has 0 unspecified atom stereocenters. The van der Waals surface area contributed by atoms with Gasteiger partial charge in [-0.15, -0.1) is 0 Å². The van der Waals surface area contributed by atoms with Crippen LogP contribution < -0.4 is 10.6 Å². The molecule has 1 aromatic rings. The van der Waals surface area contributed by atoms with Crippen molar-refractivity contribution in [2.75, 3.05) is 30.9 Å². The number of aryl methyl sites for hydroxylation is 1. The molecule has 1 rings (SSSR count). The van der Waals surface area contributed by atoms with Crippen molar-refractivity contribution in [2.45, 2.75) is 19.9 Å². The number of nitrogen functional groups attached to an aromatic ring is 1. The minimum Gasteiger partial charge on any atom is -0.394 e. The van der Waals surface area contributed by atoms with Gasteiger partial charge in [0.2, 0.25) is 0 Å². The van der Waals surface area contributed by atoms with Crippen LogP contribution in [0, 0.1) is 0 Å². The van der Waals surface area contributed by atoms with Gasteiger partial charge in [-0.25, -0.2) is 0 Å². The van der Waals surface area contributed by atoms with Crippen molar-refractivity contribution in [3.63, 3.8) is 0 Å². The summed E-state index contributed by atoms with van der Waals surface area (Å²) in [5, 5.41) is 4.35. The van der Waals surface area contributed by atoms with Crippen LogP contribution in [0.3, 0.4) is 0 Å². The van der Waals surface area contributed by atoms with Crippen molar-refractivity contribution < 1.29 is 4.74 Å². The number of hydrogen-bond acceptors (Lipinski definition) is 4. The number of nitrogens with two attached hydrogens (primary N) is 1. The summed E-state index contributed by atoms with van der Waals surface area (Å²) in [6.45, 7) is 5.71. The fraction of sp³-hybridized carbons (Fsp3) is 0.700. The number of methoxy groups -OCH3 is 1. The molecular weight excluding hydrogens is 192 g/mol. The van der Waals surface area contributed by atoms with E-state index in [1.165, 1.54) is 0 Å². The fourth-order valence-corrected chi connectivity index (χ4v) is 1.52. The molecule has 0 aliphatic heterocycles. The highest BCUT2D eigenvalue weighted by Crippen LogP contribution is 2.21. The Balaban J connectivity index is 2.83. The predicted octanol–water partition coefficient (Wildman–Crippen LogP) is 0.863. The van der Waals surface area contributed by atoms with E-state index >= 15 is 0 Å². The maximum Gasteiger partial charge on any atom is 0.174 e. The first-order valence-corrected chi connectivity index (χ1v) is 5.11. The SMILES string of the molecule is COCCN(c1nn(C)cc1N)C(C)C. The van der Waals surface area contributed by atoms with Gasteiger partial charge < -0.3 is 15.4 Å². The molecular formula is C10H20N4O. The van der Waals surface area contributed by atoms with Gasteiger partial charge in [0.05, 0.1) is 12.3 Å². The Labute approximate surface area is 90.8 Å². The Bertz CT molecular complexity index is 308. The minimum atomic E-state index is 0.359. The number of anilines is 2. The summed E-state index contributed by atoms with van der Waals surface area (Å²) in [4.78, 5) is 2.14. The lowest BCUT2D eigenvalue weighted by atomic mass is 10.3. The third-order valence-corrected chi connectivity index (χ3v) is 2.27. The third-order valence-electron chi connectivity index (χ3n) is 2.27. The molecule has 0 fully saturated rings. The summed E-state index contributed by atoms with van der Waals surface area (Å²) in [6.07, 6.45) is 1.82. The van der Waals surface area contributed by atoms with Crippen molar-refractivity contribution in [3.8, 4) is 0 Å². The van der Waals surface area contributed by atoms with Gasteiger partial charge in [0.15, 0.2) is 5.82 Å². The summed E-state index contributed by atoms with van der Waals surface area (Å²) in [5.41, 5.74) is 6.60. The fourth-order valence-electron chi connectivity index (χ4n) is 1.52. The first-order chi connectivity index (χ1) is 7.06. The van der Waals surface area contributed by atoms with Crippen LogP contribution in [0.5, 0.6) is 0 Å². The van der Waals surface area contributed by atoms with Gasteiger partial charge >= 0.3 is 0 Å². The van der Waals surface area contributed by atoms with Gasteiger partial charge in [0.1, 0.15) is 0 Å². The second-order valence-corrected chi connectivity index (χ2v) is 3.86. The van der Waals surface area contributed by atoms with E-state index in [1.807, 2.05) is 13.2 Å². The van der Waals surface area contributed by atoms with Crippen LogP contribution in [0.25, 0.3) is 0 Å². The zero-order valence-corrected chi connectivity index (χ0v) is 9.90. The van der Waals surface area contributed by atoms with Crippen molar-refractivity contribution in [1.29, 1.82) is 0 Å². The van der Waals surface area contributed by atoms with E-state index in [9.17, 15) is 0 Å². The normalized spacial score (nSPS) is 11.0. The monoisotopic (exact) mass is 212 g/mol. The molecule has 0 spiro atoms. The first-order valence-electron chi connectivity index (χ1n) is 5.11. The maximum atomic E-state index is 5.89. The summed E-state index contributed by atoms with van der Waals surface area (Å²) in [5.74, 6) is 0.838. The molecule has 1 heterocycles. The zero-order chi connectivity index (χ0) is 11.4. The maximum absolute atomic E-state index is 5.89. The largest absolute Gasteiger partial charge is 0.394 e. The number of rotatable bonds is 5. The lowest BCUT2D eigenvalue weighted by Crippen LogP contribution is -2.34. The van der Waals surface area contributed by atoms with Gasteiger partial charge in [-0.2, -0.15) is 5.10 Å². The van der Waals surface area contributed by atoms with Crippen molar-refractivity contribution in [1.82, 2.24) is 9.78 Å². The van der Waals surface area contributed by atoms with E-state index < -0.39 is 0 Å². The highest BCUT2D eigenvalue weighted by atomic mass is 16.5.